The molecule has 1 aliphatic carbocycles. The number of carbonyl (C=O) groups excluding carboxylic acids is 2. The third-order valence-corrected chi connectivity index (χ3v) is 6.58. The summed E-state index contributed by atoms with van der Waals surface area (Å²) in [5.74, 6) is 0.172. The Balaban J connectivity index is 1.51. The Morgan fingerprint density at radius 1 is 1.09 bits per heavy atom. The van der Waals surface area contributed by atoms with E-state index in [9.17, 15) is 9.59 Å². The van der Waals surface area contributed by atoms with E-state index in [4.69, 9.17) is 0 Å². The van der Waals surface area contributed by atoms with Crippen molar-refractivity contribution in [2.75, 3.05) is 11.9 Å². The highest BCUT2D eigenvalue weighted by Gasteiger charge is 2.18. The largest absolute Gasteiger partial charge is 0.358 e. The molecule has 34 heavy (non-hydrogen) atoms. The minimum absolute atomic E-state index is 0.0773. The minimum Gasteiger partial charge on any atom is -0.358 e. The SMILES string of the molecule is CC(=O)Nc1ccc(-c2cc3c([nH]2)CC(C)=CC(CCC(=O)C2=C(C)C(C)=NCCC2)=C3)cc1. The number of aromatic nitrogens is 1. The Morgan fingerprint density at radius 3 is 2.59 bits per heavy atom. The molecule has 0 saturated carbocycles. The van der Waals surface area contributed by atoms with Gasteiger partial charge in [0.1, 0.15) is 0 Å². The molecule has 0 unspecified atom stereocenters. The maximum Gasteiger partial charge on any atom is 0.221 e. The Labute approximate surface area is 201 Å². The van der Waals surface area contributed by atoms with Crippen molar-refractivity contribution in [2.45, 2.75) is 59.8 Å². The fourth-order valence-corrected chi connectivity index (χ4v) is 4.70. The molecule has 1 aliphatic heterocycles. The van der Waals surface area contributed by atoms with E-state index in [0.29, 0.717) is 6.42 Å². The van der Waals surface area contributed by atoms with E-state index >= 15 is 0 Å². The molecule has 2 N–H and O–H groups in total. The van der Waals surface area contributed by atoms with E-state index in [1.165, 1.54) is 29.3 Å². The van der Waals surface area contributed by atoms with Crippen LogP contribution in [-0.2, 0) is 16.0 Å². The lowest BCUT2D eigenvalue weighted by Gasteiger charge is -2.09. The smallest absolute Gasteiger partial charge is 0.221 e. The molecule has 2 aliphatic rings. The topological polar surface area (TPSA) is 74.3 Å². The number of fused-ring (bicyclic) bond motifs is 1. The van der Waals surface area contributed by atoms with Crippen LogP contribution < -0.4 is 5.32 Å². The highest BCUT2D eigenvalue weighted by molar-refractivity contribution is 6.07. The molecule has 0 saturated heterocycles. The quantitative estimate of drug-likeness (QED) is 0.525. The van der Waals surface area contributed by atoms with Gasteiger partial charge in [-0.1, -0.05) is 23.8 Å². The predicted octanol–water partition coefficient (Wildman–Crippen LogP) is 6.45. The number of rotatable bonds is 6. The summed E-state index contributed by atoms with van der Waals surface area (Å²) in [6.07, 6.45) is 8.31. The lowest BCUT2D eigenvalue weighted by Crippen LogP contribution is -2.08. The number of anilines is 1. The average molecular weight is 456 g/mol. The maximum absolute atomic E-state index is 13.1. The zero-order chi connectivity index (χ0) is 24.2. The Hall–Kier alpha value is -3.47. The zero-order valence-electron chi connectivity index (χ0n) is 20.5. The Bertz CT molecular complexity index is 1240. The first-order valence-electron chi connectivity index (χ1n) is 12.0. The molecule has 0 radical (unpaired) electrons. The maximum atomic E-state index is 13.1. The lowest BCUT2D eigenvalue weighted by atomic mass is 9.94. The van der Waals surface area contributed by atoms with Crippen LogP contribution in [0.15, 0.2) is 63.7 Å². The lowest BCUT2D eigenvalue weighted by molar-refractivity contribution is -0.116. The summed E-state index contributed by atoms with van der Waals surface area (Å²) in [6.45, 7) is 8.50. The molecule has 1 aromatic carbocycles. The molecule has 0 fully saturated rings. The first-order valence-corrected chi connectivity index (χ1v) is 12.0. The van der Waals surface area contributed by atoms with E-state index in [1.54, 1.807) is 0 Å². The van der Waals surface area contributed by atoms with Crippen molar-refractivity contribution in [1.82, 2.24) is 4.98 Å². The van der Waals surface area contributed by atoms with Gasteiger partial charge >= 0.3 is 0 Å². The van der Waals surface area contributed by atoms with Gasteiger partial charge in [0, 0.05) is 49.1 Å². The predicted molar refractivity (Wildman–Crippen MR) is 140 cm³/mol. The first-order chi connectivity index (χ1) is 16.3. The molecular formula is C29H33N3O2. The number of H-pyrrole nitrogens is 1. The number of amides is 1. The van der Waals surface area contributed by atoms with Gasteiger partial charge in [-0.15, -0.1) is 0 Å². The van der Waals surface area contributed by atoms with Crippen LogP contribution >= 0.6 is 0 Å². The van der Waals surface area contributed by atoms with E-state index in [1.807, 2.05) is 38.1 Å². The number of nitrogens with zero attached hydrogens (tertiary/aromatic N) is 1. The van der Waals surface area contributed by atoms with Crippen LogP contribution in [-0.4, -0.2) is 28.9 Å². The average Bonchev–Trinajstić information content (AvgIpc) is 3.01. The molecule has 1 amide bonds. The van der Waals surface area contributed by atoms with Crippen molar-refractivity contribution in [2.24, 2.45) is 4.99 Å². The van der Waals surface area contributed by atoms with Crippen LogP contribution in [0.2, 0.25) is 0 Å². The van der Waals surface area contributed by atoms with Gasteiger partial charge in [-0.25, -0.2) is 0 Å². The molecule has 0 atom stereocenters. The van der Waals surface area contributed by atoms with Crippen molar-refractivity contribution in [3.05, 3.63) is 70.0 Å². The van der Waals surface area contributed by atoms with Gasteiger partial charge in [-0.3, -0.25) is 14.6 Å². The molecule has 2 aromatic rings. The van der Waals surface area contributed by atoms with E-state index < -0.39 is 0 Å². The second-order valence-corrected chi connectivity index (χ2v) is 9.36. The third kappa shape index (κ3) is 5.53. The van der Waals surface area contributed by atoms with Crippen molar-refractivity contribution < 1.29 is 9.59 Å². The van der Waals surface area contributed by atoms with Gasteiger partial charge in [-0.2, -0.15) is 0 Å². The van der Waals surface area contributed by atoms with Gasteiger partial charge in [0.25, 0.3) is 0 Å². The number of allylic oxidation sites excluding steroid dienone is 5. The van der Waals surface area contributed by atoms with Crippen LogP contribution in [0.25, 0.3) is 17.3 Å². The van der Waals surface area contributed by atoms with E-state index in [2.05, 4.69) is 40.4 Å². The van der Waals surface area contributed by atoms with Crippen molar-refractivity contribution >= 4 is 29.2 Å². The Morgan fingerprint density at radius 2 is 1.85 bits per heavy atom. The number of nitrogens with one attached hydrogen (secondary N) is 2. The second kappa shape index (κ2) is 10.2. The molecule has 176 valence electrons. The van der Waals surface area contributed by atoms with Crippen LogP contribution in [0, 0.1) is 0 Å². The van der Waals surface area contributed by atoms with Crippen LogP contribution in [0.4, 0.5) is 5.69 Å². The molecule has 4 rings (SSSR count). The summed E-state index contributed by atoms with van der Waals surface area (Å²) >= 11 is 0. The van der Waals surface area contributed by atoms with E-state index in [0.717, 1.165) is 66.0 Å². The summed E-state index contributed by atoms with van der Waals surface area (Å²) in [5.41, 5.74) is 10.8. The van der Waals surface area contributed by atoms with Gasteiger partial charge in [0.15, 0.2) is 5.78 Å². The normalized spacial score (nSPS) is 16.1. The number of benzene rings is 1. The van der Waals surface area contributed by atoms with Crippen molar-refractivity contribution in [3.63, 3.8) is 0 Å². The van der Waals surface area contributed by atoms with Gasteiger partial charge < -0.3 is 10.3 Å². The molecule has 0 spiro atoms. The molecule has 5 nitrogen and oxygen atoms in total. The fraction of sp³-hybridized carbons (Fsp3) is 0.345. The molecule has 5 heteroatoms. The van der Waals surface area contributed by atoms with Gasteiger partial charge in [-0.05, 0) is 92.2 Å². The summed E-state index contributed by atoms with van der Waals surface area (Å²) in [7, 11) is 0. The summed E-state index contributed by atoms with van der Waals surface area (Å²) in [6, 6.07) is 10.0. The van der Waals surface area contributed by atoms with Crippen LogP contribution in [0.1, 0.15) is 64.6 Å². The Kier molecular flexibility index (Phi) is 7.11. The van der Waals surface area contributed by atoms with Gasteiger partial charge in [0.2, 0.25) is 5.91 Å². The fourth-order valence-electron chi connectivity index (χ4n) is 4.70. The highest BCUT2D eigenvalue weighted by atomic mass is 16.1. The van der Waals surface area contributed by atoms with Gasteiger partial charge in [0.05, 0.1) is 0 Å². The number of aromatic amines is 1. The van der Waals surface area contributed by atoms with E-state index in [-0.39, 0.29) is 11.7 Å². The number of Topliss-reactive ketones (excluding diaryl/α,β-unsaturated/α-hetero) is 1. The molecular weight excluding hydrogens is 422 g/mol. The van der Waals surface area contributed by atoms with Crippen molar-refractivity contribution in [3.8, 4) is 11.3 Å². The zero-order valence-corrected chi connectivity index (χ0v) is 20.5. The molecule has 0 bridgehead atoms. The highest BCUT2D eigenvalue weighted by Crippen LogP contribution is 2.30. The first kappa shape index (κ1) is 23.7. The summed E-state index contributed by atoms with van der Waals surface area (Å²) < 4.78 is 0. The summed E-state index contributed by atoms with van der Waals surface area (Å²) in [5, 5.41) is 2.80. The monoisotopic (exact) mass is 455 g/mol. The molecule has 2 heterocycles. The number of aliphatic imine (C=N–C) groups is 1. The standard InChI is InChI=1S/C29H33N3O2/c1-18-14-22(7-12-29(34)26-6-5-13-30-20(3)19(26)2)16-24-17-28(32-27(24)15-18)23-8-10-25(11-9-23)31-21(4)33/h8-11,14,16-17,32H,5-7,12-13,15H2,1-4H3,(H,31,33). The number of carbonyl (C=O) groups is 2. The number of hydrogen-bond donors (Lipinski definition) is 2. The van der Waals surface area contributed by atoms with Crippen molar-refractivity contribution in [1.29, 1.82) is 0 Å². The minimum atomic E-state index is -0.0773. The third-order valence-electron chi connectivity index (χ3n) is 6.58. The van der Waals surface area contributed by atoms with Crippen LogP contribution in [0.3, 0.4) is 0 Å². The summed E-state index contributed by atoms with van der Waals surface area (Å²) in [4.78, 5) is 32.4. The second-order valence-electron chi connectivity index (χ2n) is 9.36. The number of ketones is 1. The number of hydrogen-bond acceptors (Lipinski definition) is 3. The molecule has 1 aromatic heterocycles. The van der Waals surface area contributed by atoms with Crippen LogP contribution in [0.5, 0.6) is 0 Å².